The Morgan fingerprint density at radius 3 is 1.46 bits per heavy atom. The van der Waals surface area contributed by atoms with E-state index in [4.69, 9.17) is 0 Å². The predicted molar refractivity (Wildman–Crippen MR) is 134 cm³/mol. The Kier molecular flexibility index (Phi) is 4.70. The number of hydrogen-bond acceptors (Lipinski definition) is 6. The highest BCUT2D eigenvalue weighted by Gasteiger charge is 2.34. The number of anilines is 6. The summed E-state index contributed by atoms with van der Waals surface area (Å²) in [5, 5.41) is 8.12. The normalized spacial score (nSPS) is 14.7. The van der Waals surface area contributed by atoms with E-state index in [1.807, 2.05) is 82.2 Å². The summed E-state index contributed by atoms with van der Waals surface area (Å²) < 4.78 is 34.2. The largest absolute Gasteiger partial charge is 0.355 e. The van der Waals surface area contributed by atoms with Gasteiger partial charge in [-0.25, -0.2) is 8.78 Å². The van der Waals surface area contributed by atoms with Crippen LogP contribution in [0.4, 0.5) is 42.9 Å². The van der Waals surface area contributed by atoms with Gasteiger partial charge in [0.1, 0.15) is 17.3 Å². The van der Waals surface area contributed by atoms with Crippen molar-refractivity contribution in [1.29, 1.82) is 0 Å². The minimum absolute atomic E-state index is 0.170. The monoisotopic (exact) mass is 473 g/mol. The lowest BCUT2D eigenvalue weighted by molar-refractivity contribution is 0.564. The Morgan fingerprint density at radius 1 is 0.629 bits per heavy atom. The standard InChI is InChI=1S/C26H25F2N7/c1-16-29-30-17(2)35(16)26-24(27)22(33-14-31(3)18-9-5-7-11-20(18)33)13-23(25(26)28)34-15-32(4)19-10-6-8-12-21(19)34/h5-13H,14-15H2,1-4H3. The second-order valence-corrected chi connectivity index (χ2v) is 9.03. The summed E-state index contributed by atoms with van der Waals surface area (Å²) in [6.07, 6.45) is 0. The van der Waals surface area contributed by atoms with Crippen LogP contribution in [0.15, 0.2) is 54.6 Å². The van der Waals surface area contributed by atoms with Gasteiger partial charge in [-0.3, -0.25) is 4.57 Å². The molecular weight excluding hydrogens is 448 g/mol. The third-order valence-electron chi connectivity index (χ3n) is 6.81. The zero-order chi connectivity index (χ0) is 24.4. The molecule has 0 atom stereocenters. The van der Waals surface area contributed by atoms with Gasteiger partial charge >= 0.3 is 0 Å². The Bertz CT molecular complexity index is 1360. The number of halogens is 2. The van der Waals surface area contributed by atoms with Crippen LogP contribution in [0.25, 0.3) is 5.69 Å². The minimum atomic E-state index is -0.650. The molecule has 3 heterocycles. The van der Waals surface area contributed by atoms with Crippen molar-refractivity contribution in [2.75, 3.05) is 47.0 Å². The van der Waals surface area contributed by atoms with Crippen LogP contribution in [0.2, 0.25) is 0 Å². The topological polar surface area (TPSA) is 43.7 Å². The van der Waals surface area contributed by atoms with E-state index in [0.29, 0.717) is 36.4 Å². The first-order chi connectivity index (χ1) is 16.9. The van der Waals surface area contributed by atoms with Crippen molar-refractivity contribution in [2.45, 2.75) is 13.8 Å². The van der Waals surface area contributed by atoms with Gasteiger partial charge in [-0.05, 0) is 44.2 Å². The van der Waals surface area contributed by atoms with Crippen molar-refractivity contribution >= 4 is 34.1 Å². The first kappa shape index (κ1) is 21.4. The fourth-order valence-corrected chi connectivity index (χ4v) is 5.15. The molecule has 0 N–H and O–H groups in total. The summed E-state index contributed by atoms with van der Waals surface area (Å²) in [5.74, 6) is -0.464. The van der Waals surface area contributed by atoms with Crippen LogP contribution in [-0.2, 0) is 0 Å². The second kappa shape index (κ2) is 7.69. The van der Waals surface area contributed by atoms with Crippen LogP contribution in [0.5, 0.6) is 0 Å². The summed E-state index contributed by atoms with van der Waals surface area (Å²) in [6.45, 7) is 4.28. The summed E-state index contributed by atoms with van der Waals surface area (Å²) >= 11 is 0. The first-order valence-corrected chi connectivity index (χ1v) is 11.4. The third kappa shape index (κ3) is 3.07. The van der Waals surface area contributed by atoms with E-state index in [1.165, 1.54) is 4.57 Å². The van der Waals surface area contributed by atoms with E-state index in [0.717, 1.165) is 22.7 Å². The maximum atomic E-state index is 16.4. The molecule has 35 heavy (non-hydrogen) atoms. The van der Waals surface area contributed by atoms with Gasteiger partial charge in [0.2, 0.25) is 0 Å². The molecule has 6 rings (SSSR count). The molecule has 0 spiro atoms. The van der Waals surface area contributed by atoms with Crippen molar-refractivity contribution in [3.05, 3.63) is 77.9 Å². The lowest BCUT2D eigenvalue weighted by Crippen LogP contribution is -2.28. The number of aryl methyl sites for hydroxylation is 2. The van der Waals surface area contributed by atoms with Gasteiger partial charge in [-0.1, -0.05) is 24.3 Å². The van der Waals surface area contributed by atoms with Gasteiger partial charge in [0, 0.05) is 14.1 Å². The van der Waals surface area contributed by atoms with Crippen LogP contribution in [0, 0.1) is 25.5 Å². The van der Waals surface area contributed by atoms with Crippen LogP contribution >= 0.6 is 0 Å². The molecular formula is C26H25F2N7. The van der Waals surface area contributed by atoms with E-state index in [1.54, 1.807) is 19.9 Å². The smallest absolute Gasteiger partial charge is 0.174 e. The quantitative estimate of drug-likeness (QED) is 0.405. The number of rotatable bonds is 3. The molecule has 0 aliphatic carbocycles. The van der Waals surface area contributed by atoms with Gasteiger partial charge in [0.25, 0.3) is 0 Å². The Labute approximate surface area is 202 Å². The number of nitrogens with zero attached hydrogens (tertiary/aromatic N) is 7. The summed E-state index contributed by atoms with van der Waals surface area (Å²) in [7, 11) is 3.92. The molecule has 178 valence electrons. The van der Waals surface area contributed by atoms with Crippen LogP contribution in [0.3, 0.4) is 0 Å². The van der Waals surface area contributed by atoms with Crippen LogP contribution < -0.4 is 19.6 Å². The molecule has 1 aromatic heterocycles. The van der Waals surface area contributed by atoms with Crippen LogP contribution in [-0.4, -0.2) is 42.2 Å². The minimum Gasteiger partial charge on any atom is -0.355 e. The molecule has 0 saturated heterocycles. The number of hydrogen-bond donors (Lipinski definition) is 0. The highest BCUT2D eigenvalue weighted by Crippen LogP contribution is 2.47. The lowest BCUT2D eigenvalue weighted by Gasteiger charge is -2.27. The number of fused-ring (bicyclic) bond motifs is 2. The SMILES string of the molecule is Cc1nnc(C)n1-c1c(F)c(N2CN(C)c3ccccc32)cc(N2CN(C)c3ccccc32)c1F. The van der Waals surface area contributed by atoms with E-state index in [9.17, 15) is 0 Å². The molecule has 0 radical (unpaired) electrons. The van der Waals surface area contributed by atoms with Crippen molar-refractivity contribution < 1.29 is 8.78 Å². The highest BCUT2D eigenvalue weighted by molar-refractivity contribution is 5.87. The predicted octanol–water partition coefficient (Wildman–Crippen LogP) is 5.25. The highest BCUT2D eigenvalue weighted by atomic mass is 19.1. The molecule has 3 aromatic carbocycles. The molecule has 0 unspecified atom stereocenters. The molecule has 4 aromatic rings. The molecule has 0 bridgehead atoms. The maximum Gasteiger partial charge on any atom is 0.174 e. The van der Waals surface area contributed by atoms with Gasteiger partial charge < -0.3 is 19.6 Å². The summed E-state index contributed by atoms with van der Waals surface area (Å²) in [6, 6.07) is 17.3. The second-order valence-electron chi connectivity index (χ2n) is 9.03. The Hall–Kier alpha value is -4.14. The number of benzene rings is 3. The average molecular weight is 474 g/mol. The van der Waals surface area contributed by atoms with Crippen molar-refractivity contribution in [3.8, 4) is 5.69 Å². The average Bonchev–Trinajstić information content (AvgIpc) is 3.49. The molecule has 7 nitrogen and oxygen atoms in total. The van der Waals surface area contributed by atoms with Gasteiger partial charge in [0.05, 0.1) is 47.5 Å². The zero-order valence-corrected chi connectivity index (χ0v) is 20.0. The van der Waals surface area contributed by atoms with Gasteiger partial charge in [0.15, 0.2) is 11.6 Å². The third-order valence-corrected chi connectivity index (χ3v) is 6.81. The van der Waals surface area contributed by atoms with Crippen molar-refractivity contribution in [2.24, 2.45) is 0 Å². The maximum absolute atomic E-state index is 16.4. The molecule has 0 amide bonds. The molecule has 0 fully saturated rings. The van der Waals surface area contributed by atoms with E-state index < -0.39 is 11.6 Å². The number of aromatic nitrogens is 3. The lowest BCUT2D eigenvalue weighted by atomic mass is 10.1. The summed E-state index contributed by atoms with van der Waals surface area (Å²) in [4.78, 5) is 7.87. The molecule has 2 aliphatic heterocycles. The number of para-hydroxylation sites is 4. The molecule has 0 saturated carbocycles. The van der Waals surface area contributed by atoms with E-state index >= 15 is 8.78 Å². The van der Waals surface area contributed by atoms with Gasteiger partial charge in [-0.2, -0.15) is 0 Å². The Balaban J connectivity index is 1.62. The van der Waals surface area contributed by atoms with E-state index in [-0.39, 0.29) is 5.69 Å². The summed E-state index contributed by atoms with van der Waals surface area (Å²) in [5.41, 5.74) is 4.14. The van der Waals surface area contributed by atoms with E-state index in [2.05, 4.69) is 10.2 Å². The van der Waals surface area contributed by atoms with Crippen molar-refractivity contribution in [1.82, 2.24) is 14.8 Å². The molecule has 9 heteroatoms. The zero-order valence-electron chi connectivity index (χ0n) is 20.0. The fraction of sp³-hybridized carbons (Fsp3) is 0.231. The van der Waals surface area contributed by atoms with Gasteiger partial charge in [-0.15, -0.1) is 10.2 Å². The first-order valence-electron chi connectivity index (χ1n) is 11.4. The Morgan fingerprint density at radius 2 is 1.03 bits per heavy atom. The van der Waals surface area contributed by atoms with Crippen molar-refractivity contribution in [3.63, 3.8) is 0 Å². The van der Waals surface area contributed by atoms with Crippen LogP contribution in [0.1, 0.15) is 11.6 Å². The fourth-order valence-electron chi connectivity index (χ4n) is 5.15. The molecule has 2 aliphatic rings.